The monoisotopic (exact) mass is 178 g/mol. The molecule has 4 nitrogen and oxygen atoms in total. The van der Waals surface area contributed by atoms with Crippen molar-refractivity contribution in [2.75, 3.05) is 13.7 Å². The molecule has 54 valence electrons. The minimum atomic E-state index is -1.03. The van der Waals surface area contributed by atoms with E-state index in [9.17, 15) is 9.90 Å². The summed E-state index contributed by atoms with van der Waals surface area (Å²) >= 11 is 0. The van der Waals surface area contributed by atoms with Crippen LogP contribution in [0.1, 0.15) is 6.42 Å². The molecule has 1 fully saturated rings. The fourth-order valence-corrected chi connectivity index (χ4v) is 0.372. The van der Waals surface area contributed by atoms with Gasteiger partial charge in [-0.1, -0.05) is 0 Å². The Kier molecular flexibility index (Phi) is 18.9. The molecule has 1 atom stereocenters. The van der Waals surface area contributed by atoms with Crippen molar-refractivity contribution in [3.8, 4) is 0 Å². The molecule has 0 spiro atoms. The van der Waals surface area contributed by atoms with Crippen molar-refractivity contribution in [1.29, 1.82) is 0 Å². The van der Waals surface area contributed by atoms with Crippen LogP contribution in [0.2, 0.25) is 0 Å². The van der Waals surface area contributed by atoms with Crippen molar-refractivity contribution >= 4 is 5.97 Å². The molecule has 1 aliphatic heterocycles. The molecule has 11 heavy (non-hydrogen) atoms. The number of hydrogen-bond donors (Lipinski definition) is 0. The van der Waals surface area contributed by atoms with Crippen LogP contribution in [0.3, 0.4) is 0 Å². The zero-order valence-corrected chi connectivity index (χ0v) is 11.1. The SMILES string of the molecule is C[O-].O=C([O-])C[C@@H]1CO1.[Na+].[Na+]. The van der Waals surface area contributed by atoms with Gasteiger partial charge in [0, 0.05) is 12.4 Å². The molecule has 0 aromatic carbocycles. The number of rotatable bonds is 2. The molecule has 1 rings (SSSR count). The number of epoxide rings is 1. The predicted octanol–water partition coefficient (Wildman–Crippen LogP) is -8.49. The van der Waals surface area contributed by atoms with E-state index in [1.165, 1.54) is 0 Å². The molecule has 1 saturated heterocycles. The third kappa shape index (κ3) is 14.3. The minimum absolute atomic E-state index is 0. The average Bonchev–Trinajstić information content (AvgIpc) is 2.55. The van der Waals surface area contributed by atoms with Crippen LogP contribution in [0.4, 0.5) is 0 Å². The largest absolute Gasteiger partial charge is 1.00 e. The summed E-state index contributed by atoms with van der Waals surface area (Å²) in [6.07, 6.45) is 0.0185. The van der Waals surface area contributed by atoms with E-state index in [1.54, 1.807) is 0 Å². The van der Waals surface area contributed by atoms with Crippen molar-refractivity contribution in [2.24, 2.45) is 0 Å². The van der Waals surface area contributed by atoms with Gasteiger partial charge in [-0.3, -0.25) is 0 Å². The second kappa shape index (κ2) is 11.4. The second-order valence-corrected chi connectivity index (χ2v) is 1.53. The van der Waals surface area contributed by atoms with Gasteiger partial charge in [0.25, 0.3) is 0 Å². The first-order valence-electron chi connectivity index (χ1n) is 2.51. The number of carbonyl (C=O) groups excluding carboxylic acids is 1. The first-order chi connectivity index (χ1) is 4.29. The standard InChI is InChI=1S/C4H6O3.CH3O.2Na/c5-4(6)1-3-2-7-3;1-2;;/h3H,1-2H2,(H,5,6);1H3;;/q;-1;2*+1/p-1/t3-;;;/m1.../s1. The fourth-order valence-electron chi connectivity index (χ4n) is 0.372. The molecule has 1 heterocycles. The van der Waals surface area contributed by atoms with Gasteiger partial charge in [0.15, 0.2) is 0 Å². The van der Waals surface area contributed by atoms with Gasteiger partial charge in [0.1, 0.15) is 0 Å². The van der Waals surface area contributed by atoms with Gasteiger partial charge in [-0.15, -0.1) is 0 Å². The number of carboxylic acids is 1. The van der Waals surface area contributed by atoms with Crippen LogP contribution in [-0.4, -0.2) is 25.8 Å². The molecule has 0 amide bonds. The van der Waals surface area contributed by atoms with Gasteiger partial charge in [0.2, 0.25) is 0 Å². The molecule has 0 aliphatic carbocycles. The third-order valence-corrected chi connectivity index (χ3v) is 0.797. The quantitative estimate of drug-likeness (QED) is 0.311. The van der Waals surface area contributed by atoms with Gasteiger partial charge in [-0.05, 0) is 0 Å². The summed E-state index contributed by atoms with van der Waals surface area (Å²) in [7, 11) is 0.750. The first-order valence-corrected chi connectivity index (χ1v) is 2.51. The fraction of sp³-hybridized carbons (Fsp3) is 0.800. The Balaban J connectivity index is -0.000000149. The van der Waals surface area contributed by atoms with Crippen molar-refractivity contribution < 1.29 is 78.9 Å². The van der Waals surface area contributed by atoms with Gasteiger partial charge >= 0.3 is 59.1 Å². The van der Waals surface area contributed by atoms with Crippen LogP contribution in [0.25, 0.3) is 0 Å². The molecule has 0 radical (unpaired) electrons. The predicted molar refractivity (Wildman–Crippen MR) is 25.3 cm³/mol. The van der Waals surface area contributed by atoms with Gasteiger partial charge in [-0.2, -0.15) is 7.11 Å². The molecular weight excluding hydrogens is 170 g/mol. The molecule has 6 heteroatoms. The summed E-state index contributed by atoms with van der Waals surface area (Å²) in [5.41, 5.74) is 0. The van der Waals surface area contributed by atoms with E-state index in [-0.39, 0.29) is 71.6 Å². The van der Waals surface area contributed by atoms with Gasteiger partial charge in [0.05, 0.1) is 12.7 Å². The van der Waals surface area contributed by atoms with E-state index >= 15 is 0 Å². The van der Waals surface area contributed by atoms with Crippen molar-refractivity contribution in [1.82, 2.24) is 0 Å². The second-order valence-electron chi connectivity index (χ2n) is 1.53. The Morgan fingerprint density at radius 3 is 2.00 bits per heavy atom. The van der Waals surface area contributed by atoms with Crippen molar-refractivity contribution in [3.63, 3.8) is 0 Å². The van der Waals surface area contributed by atoms with Crippen LogP contribution in [-0.2, 0) is 9.53 Å². The van der Waals surface area contributed by atoms with Crippen LogP contribution in [0, 0.1) is 0 Å². The molecule has 0 unspecified atom stereocenters. The maximum atomic E-state index is 9.66. The number of aliphatic carboxylic acids is 1. The van der Waals surface area contributed by atoms with E-state index in [1.807, 2.05) is 0 Å². The molecule has 0 saturated carbocycles. The van der Waals surface area contributed by atoms with E-state index in [2.05, 4.69) is 4.74 Å². The zero-order chi connectivity index (χ0) is 7.28. The Morgan fingerprint density at radius 1 is 1.55 bits per heavy atom. The van der Waals surface area contributed by atoms with E-state index in [0.717, 1.165) is 7.11 Å². The number of carboxylic acid groups (broad SMARTS) is 1. The summed E-state index contributed by atoms with van der Waals surface area (Å²) in [5, 5.41) is 17.9. The summed E-state index contributed by atoms with van der Waals surface area (Å²) in [6.45, 7) is 0.591. The summed E-state index contributed by atoms with van der Waals surface area (Å²) in [4.78, 5) is 9.66. The smallest absolute Gasteiger partial charge is 0.857 e. The van der Waals surface area contributed by atoms with Crippen LogP contribution < -0.4 is 69.3 Å². The molecule has 0 bridgehead atoms. The van der Waals surface area contributed by atoms with Crippen LogP contribution in [0.5, 0.6) is 0 Å². The molecule has 0 aromatic rings. The Morgan fingerprint density at radius 2 is 1.91 bits per heavy atom. The number of hydrogen-bond acceptors (Lipinski definition) is 4. The summed E-state index contributed by atoms with van der Waals surface area (Å²) < 4.78 is 4.60. The van der Waals surface area contributed by atoms with E-state index < -0.39 is 5.97 Å². The molecule has 0 N–H and O–H groups in total. The zero-order valence-electron chi connectivity index (χ0n) is 7.12. The van der Waals surface area contributed by atoms with Gasteiger partial charge in [-0.25, -0.2) is 0 Å². The number of carbonyl (C=O) groups is 1. The number of ether oxygens (including phenoxy) is 1. The topological polar surface area (TPSA) is 75.7 Å². The average molecular weight is 178 g/mol. The molecule has 0 aromatic heterocycles. The maximum Gasteiger partial charge on any atom is 1.00 e. The molecule has 1 aliphatic rings. The summed E-state index contributed by atoms with van der Waals surface area (Å²) in [6, 6.07) is 0. The molecular formula is C5H8Na2O4. The first kappa shape index (κ1) is 18.2. The van der Waals surface area contributed by atoms with E-state index in [0.29, 0.717) is 6.61 Å². The normalized spacial score (nSPS) is 17.8. The maximum absolute atomic E-state index is 9.66. The minimum Gasteiger partial charge on any atom is -0.857 e. The third-order valence-electron chi connectivity index (χ3n) is 0.797. The summed E-state index contributed by atoms with van der Waals surface area (Å²) in [5.74, 6) is -1.03. The van der Waals surface area contributed by atoms with E-state index in [4.69, 9.17) is 5.11 Å². The Labute approximate surface area is 110 Å². The van der Waals surface area contributed by atoms with Crippen LogP contribution in [0.15, 0.2) is 0 Å². The van der Waals surface area contributed by atoms with Crippen molar-refractivity contribution in [2.45, 2.75) is 12.5 Å². The Hall–Kier alpha value is 1.39. The Bertz CT molecular complexity index is 94.5. The van der Waals surface area contributed by atoms with Gasteiger partial charge < -0.3 is 19.7 Å². The van der Waals surface area contributed by atoms with Crippen LogP contribution >= 0.6 is 0 Å². The van der Waals surface area contributed by atoms with Crippen molar-refractivity contribution in [3.05, 3.63) is 0 Å².